The Kier molecular flexibility index (Phi) is 6.06. The molecule has 1 saturated heterocycles. The van der Waals surface area contributed by atoms with Gasteiger partial charge in [-0.25, -0.2) is 4.72 Å². The van der Waals surface area contributed by atoms with Crippen molar-refractivity contribution in [3.05, 3.63) is 0 Å². The Balaban J connectivity index is 2.30. The highest BCUT2D eigenvalue weighted by molar-refractivity contribution is 9.09. The van der Waals surface area contributed by atoms with Gasteiger partial charge in [-0.15, -0.1) is 0 Å². The first-order valence-corrected chi connectivity index (χ1v) is 7.61. The Labute approximate surface area is 99.5 Å². The largest absolute Gasteiger partial charge is 0.379 e. The predicted octanol–water partition coefficient (Wildman–Crippen LogP) is 0.328. The molecule has 0 saturated carbocycles. The van der Waals surface area contributed by atoms with Crippen LogP contribution in [0.2, 0.25) is 0 Å². The van der Waals surface area contributed by atoms with Crippen molar-refractivity contribution in [1.82, 2.24) is 9.03 Å². The van der Waals surface area contributed by atoms with Crippen LogP contribution in [0.5, 0.6) is 0 Å². The molecule has 0 amide bonds. The van der Waals surface area contributed by atoms with Crippen molar-refractivity contribution in [2.24, 2.45) is 0 Å². The molecule has 7 heteroatoms. The predicted molar refractivity (Wildman–Crippen MR) is 62.3 cm³/mol. The number of morpholine rings is 1. The third-order valence-corrected chi connectivity index (χ3v) is 4.33. The van der Waals surface area contributed by atoms with Crippen LogP contribution in [0.25, 0.3) is 0 Å². The molecular weight excluding hydrogens is 284 g/mol. The fraction of sp³-hybridized carbons (Fsp3) is 1.00. The summed E-state index contributed by atoms with van der Waals surface area (Å²) in [5, 5.41) is 0.909. The summed E-state index contributed by atoms with van der Waals surface area (Å²) in [5.41, 5.74) is 0. The zero-order valence-corrected chi connectivity index (χ0v) is 11.0. The highest BCUT2D eigenvalue weighted by atomic mass is 79.9. The van der Waals surface area contributed by atoms with E-state index in [0.29, 0.717) is 32.8 Å². The Hall–Kier alpha value is 0.310. The van der Waals surface area contributed by atoms with Crippen LogP contribution >= 0.6 is 15.9 Å². The van der Waals surface area contributed by atoms with E-state index in [4.69, 9.17) is 4.74 Å². The third kappa shape index (κ3) is 4.78. The van der Waals surface area contributed by atoms with Crippen molar-refractivity contribution in [3.63, 3.8) is 0 Å². The number of hydrogen-bond acceptors (Lipinski definition) is 3. The van der Waals surface area contributed by atoms with E-state index in [-0.39, 0.29) is 0 Å². The second kappa shape index (κ2) is 6.80. The minimum Gasteiger partial charge on any atom is -0.379 e. The van der Waals surface area contributed by atoms with Gasteiger partial charge >= 0.3 is 0 Å². The van der Waals surface area contributed by atoms with E-state index in [1.807, 2.05) is 0 Å². The maximum Gasteiger partial charge on any atom is 0.279 e. The van der Waals surface area contributed by atoms with Crippen LogP contribution < -0.4 is 4.72 Å². The van der Waals surface area contributed by atoms with Crippen molar-refractivity contribution < 1.29 is 13.2 Å². The highest BCUT2D eigenvalue weighted by Crippen LogP contribution is 2.03. The van der Waals surface area contributed by atoms with Crippen LogP contribution in [0, 0.1) is 0 Å². The fourth-order valence-electron chi connectivity index (χ4n) is 1.30. The standard InChI is InChI=1S/C8H17BrN2O3S/c9-3-1-2-4-10-15(12,13)11-5-7-14-8-6-11/h10H,1-8H2. The van der Waals surface area contributed by atoms with Crippen molar-refractivity contribution in [3.8, 4) is 0 Å². The summed E-state index contributed by atoms with van der Waals surface area (Å²) in [6, 6.07) is 0. The molecule has 0 aromatic rings. The first-order valence-electron chi connectivity index (χ1n) is 5.05. The number of ether oxygens (including phenoxy) is 1. The Morgan fingerprint density at radius 1 is 1.27 bits per heavy atom. The van der Waals surface area contributed by atoms with Gasteiger partial charge in [-0.1, -0.05) is 15.9 Å². The average molecular weight is 301 g/mol. The van der Waals surface area contributed by atoms with Gasteiger partial charge in [0.05, 0.1) is 13.2 Å². The first kappa shape index (κ1) is 13.4. The molecule has 1 heterocycles. The van der Waals surface area contributed by atoms with Crippen LogP contribution in [0.4, 0.5) is 0 Å². The average Bonchev–Trinajstić information content (AvgIpc) is 2.26. The van der Waals surface area contributed by atoms with Gasteiger partial charge < -0.3 is 4.74 Å². The molecule has 1 aliphatic rings. The number of halogens is 1. The Morgan fingerprint density at radius 3 is 2.53 bits per heavy atom. The summed E-state index contributed by atoms with van der Waals surface area (Å²) >= 11 is 3.30. The molecule has 15 heavy (non-hydrogen) atoms. The lowest BCUT2D eigenvalue weighted by atomic mass is 10.3. The number of nitrogens with one attached hydrogen (secondary N) is 1. The minimum absolute atomic E-state index is 0.452. The number of alkyl halides is 1. The summed E-state index contributed by atoms with van der Waals surface area (Å²) in [6.45, 7) is 2.39. The lowest BCUT2D eigenvalue weighted by molar-refractivity contribution is 0.0725. The molecule has 0 bridgehead atoms. The van der Waals surface area contributed by atoms with Crippen LogP contribution in [0.1, 0.15) is 12.8 Å². The van der Waals surface area contributed by atoms with Crippen molar-refractivity contribution >= 4 is 26.1 Å². The molecule has 0 aromatic heterocycles. The molecule has 0 unspecified atom stereocenters. The lowest BCUT2D eigenvalue weighted by Crippen LogP contribution is -2.46. The number of unbranched alkanes of at least 4 members (excludes halogenated alkanes) is 1. The molecule has 1 rings (SSSR count). The van der Waals surface area contributed by atoms with Gasteiger partial charge in [-0.3, -0.25) is 0 Å². The number of rotatable bonds is 6. The molecule has 0 aromatic carbocycles. The SMILES string of the molecule is O=S(=O)(NCCCCBr)N1CCOCC1. The van der Waals surface area contributed by atoms with Crippen molar-refractivity contribution in [1.29, 1.82) is 0 Å². The van der Waals surface area contributed by atoms with E-state index >= 15 is 0 Å². The van der Waals surface area contributed by atoms with E-state index in [0.717, 1.165) is 18.2 Å². The van der Waals surface area contributed by atoms with E-state index in [2.05, 4.69) is 20.7 Å². The topological polar surface area (TPSA) is 58.6 Å². The maximum absolute atomic E-state index is 11.7. The molecule has 5 nitrogen and oxygen atoms in total. The van der Waals surface area contributed by atoms with E-state index < -0.39 is 10.2 Å². The Morgan fingerprint density at radius 2 is 1.93 bits per heavy atom. The molecule has 0 aliphatic carbocycles. The second-order valence-corrected chi connectivity index (χ2v) is 5.86. The Bertz CT molecular complexity index is 265. The smallest absolute Gasteiger partial charge is 0.279 e. The van der Waals surface area contributed by atoms with Crippen LogP contribution in [0.3, 0.4) is 0 Å². The van der Waals surface area contributed by atoms with Crippen molar-refractivity contribution in [2.75, 3.05) is 38.2 Å². The molecule has 0 spiro atoms. The monoisotopic (exact) mass is 300 g/mol. The van der Waals surface area contributed by atoms with Crippen molar-refractivity contribution in [2.45, 2.75) is 12.8 Å². The van der Waals surface area contributed by atoms with Gasteiger partial charge in [0.15, 0.2) is 0 Å². The van der Waals surface area contributed by atoms with E-state index in [9.17, 15) is 8.42 Å². The summed E-state index contributed by atoms with van der Waals surface area (Å²) in [7, 11) is -3.28. The van der Waals surface area contributed by atoms with Gasteiger partial charge in [-0.05, 0) is 12.8 Å². The normalized spacial score (nSPS) is 19.3. The minimum atomic E-state index is -3.28. The summed E-state index contributed by atoms with van der Waals surface area (Å²) in [6.07, 6.45) is 1.83. The molecule has 1 N–H and O–H groups in total. The fourth-order valence-corrected chi connectivity index (χ4v) is 2.91. The maximum atomic E-state index is 11.7. The van der Waals surface area contributed by atoms with Crippen LogP contribution in [-0.2, 0) is 14.9 Å². The highest BCUT2D eigenvalue weighted by Gasteiger charge is 2.23. The van der Waals surface area contributed by atoms with Gasteiger partial charge in [0, 0.05) is 25.0 Å². The molecule has 90 valence electrons. The zero-order valence-electron chi connectivity index (χ0n) is 8.62. The number of hydrogen-bond donors (Lipinski definition) is 1. The first-order chi connectivity index (χ1) is 7.17. The molecule has 1 aliphatic heterocycles. The van der Waals surface area contributed by atoms with Crippen LogP contribution in [-0.4, -0.2) is 50.9 Å². The summed E-state index contributed by atoms with van der Waals surface area (Å²) < 4.78 is 32.5. The van der Waals surface area contributed by atoms with E-state index in [1.54, 1.807) is 0 Å². The van der Waals surface area contributed by atoms with Gasteiger partial charge in [0.1, 0.15) is 0 Å². The number of nitrogens with zero attached hydrogens (tertiary/aromatic N) is 1. The molecule has 0 atom stereocenters. The molecule has 0 radical (unpaired) electrons. The second-order valence-electron chi connectivity index (χ2n) is 3.31. The molecular formula is C8H17BrN2O3S. The van der Waals surface area contributed by atoms with E-state index in [1.165, 1.54) is 4.31 Å². The molecule has 1 fully saturated rings. The third-order valence-electron chi connectivity index (χ3n) is 2.15. The quantitative estimate of drug-likeness (QED) is 0.568. The van der Waals surface area contributed by atoms with Gasteiger partial charge in [-0.2, -0.15) is 12.7 Å². The van der Waals surface area contributed by atoms with Gasteiger partial charge in [0.25, 0.3) is 10.2 Å². The summed E-state index contributed by atoms with van der Waals surface area (Å²) in [4.78, 5) is 0. The van der Waals surface area contributed by atoms with Crippen LogP contribution in [0.15, 0.2) is 0 Å². The lowest BCUT2D eigenvalue weighted by Gasteiger charge is -2.26. The van der Waals surface area contributed by atoms with Gasteiger partial charge in [0.2, 0.25) is 0 Å². The zero-order chi connectivity index (χ0) is 11.1. The summed E-state index contributed by atoms with van der Waals surface area (Å²) in [5.74, 6) is 0.